The number of rotatable bonds is 2. The molecule has 4 bridgehead atoms. The van der Waals surface area contributed by atoms with Gasteiger partial charge in [-0.3, -0.25) is 10.1 Å². The quantitative estimate of drug-likeness (QED) is 0.412. The number of anilines is 1. The van der Waals surface area contributed by atoms with Crippen LogP contribution in [0.3, 0.4) is 0 Å². The summed E-state index contributed by atoms with van der Waals surface area (Å²) in [6.45, 7) is 5.96. The Morgan fingerprint density at radius 3 is 2.73 bits per heavy atom. The number of Topliss-reactive ketones (excluding diaryl/α,β-unsaturated/α-hetero) is 1. The first-order chi connectivity index (χ1) is 18.0. The average molecular weight is 519 g/mol. The number of ether oxygens (including phenoxy) is 1. The van der Waals surface area contributed by atoms with Crippen molar-refractivity contribution in [1.82, 2.24) is 14.6 Å². The molecule has 0 radical (unpaired) electrons. The van der Waals surface area contributed by atoms with Crippen molar-refractivity contribution < 1.29 is 9.53 Å². The molecule has 2 N–H and O–H groups in total. The molecule has 0 amide bonds. The molecule has 0 spiro atoms. The van der Waals surface area contributed by atoms with Crippen molar-refractivity contribution in [3.05, 3.63) is 48.0 Å². The maximum atomic E-state index is 12.5. The number of para-hydroxylation sites is 1. The lowest BCUT2D eigenvalue weighted by Crippen LogP contribution is -2.47. The highest BCUT2D eigenvalue weighted by atomic mass is 32.2. The lowest BCUT2D eigenvalue weighted by Gasteiger charge is -2.32. The molecule has 7 heteroatoms. The van der Waals surface area contributed by atoms with Crippen LogP contribution in [0, 0.1) is 5.92 Å². The van der Waals surface area contributed by atoms with Crippen molar-refractivity contribution in [2.75, 3.05) is 25.2 Å². The van der Waals surface area contributed by atoms with Gasteiger partial charge in [0.25, 0.3) is 0 Å². The summed E-state index contributed by atoms with van der Waals surface area (Å²) in [6.07, 6.45) is 6.44. The standard InChI is InChI=1S/C30H38N4O2S/c1-19-22-16-34-26-15-23(33(3)18-31-37-30(32-19)20(2)35)13-14-24(26)28(21-9-5-4-6-10-21)29(34)25-11-7-8-12-27(25)36-17-22/h7-8,11-15,19,21-22,30-32H,4-6,9-10,16-18H2,1-3H3/t19?,22-,30?/m0/s1. The molecule has 2 unspecified atom stereocenters. The van der Waals surface area contributed by atoms with E-state index >= 15 is 0 Å². The predicted octanol–water partition coefficient (Wildman–Crippen LogP) is 5.90. The fraction of sp³-hybridized carbons (Fsp3) is 0.500. The van der Waals surface area contributed by atoms with E-state index in [2.05, 4.69) is 75.9 Å². The summed E-state index contributed by atoms with van der Waals surface area (Å²) >= 11 is 1.47. The SMILES string of the molecule is CC(=O)C1NC(C)[C@@H]2COc3ccccc3-c3c(C4CCCCC4)c4ccc(cc4n3C2)N(C)CNS1. The normalized spacial score (nSPS) is 24.9. The third kappa shape index (κ3) is 4.66. The maximum Gasteiger partial charge on any atom is 0.158 e. The molecule has 1 saturated carbocycles. The number of aromatic nitrogens is 1. The van der Waals surface area contributed by atoms with Crippen LogP contribution in [0.25, 0.3) is 22.2 Å². The number of nitrogens with one attached hydrogen (secondary N) is 2. The fourth-order valence-electron chi connectivity index (χ4n) is 6.38. The van der Waals surface area contributed by atoms with E-state index in [1.807, 2.05) is 0 Å². The summed E-state index contributed by atoms with van der Waals surface area (Å²) in [5.74, 6) is 1.85. The predicted molar refractivity (Wildman–Crippen MR) is 153 cm³/mol. The maximum absolute atomic E-state index is 12.5. The number of hydrogen-bond acceptors (Lipinski definition) is 6. The number of carbonyl (C=O) groups is 1. The van der Waals surface area contributed by atoms with Gasteiger partial charge < -0.3 is 14.2 Å². The van der Waals surface area contributed by atoms with E-state index in [0.29, 0.717) is 19.2 Å². The van der Waals surface area contributed by atoms with Crippen molar-refractivity contribution in [2.24, 2.45) is 5.92 Å². The van der Waals surface area contributed by atoms with Gasteiger partial charge in [0.15, 0.2) is 5.78 Å². The minimum absolute atomic E-state index is 0.0959. The molecule has 1 aliphatic carbocycles. The van der Waals surface area contributed by atoms with E-state index in [-0.39, 0.29) is 23.1 Å². The van der Waals surface area contributed by atoms with Crippen LogP contribution in [-0.2, 0) is 11.3 Å². The highest BCUT2D eigenvalue weighted by Crippen LogP contribution is 2.47. The molecule has 3 aromatic rings. The first-order valence-electron chi connectivity index (χ1n) is 13.8. The Balaban J connectivity index is 1.59. The largest absolute Gasteiger partial charge is 0.492 e. The van der Waals surface area contributed by atoms with Gasteiger partial charge in [-0.25, -0.2) is 4.72 Å². The second-order valence-corrected chi connectivity index (χ2v) is 12.0. The number of benzene rings is 2. The van der Waals surface area contributed by atoms with E-state index in [1.54, 1.807) is 6.92 Å². The first kappa shape index (κ1) is 24.8. The van der Waals surface area contributed by atoms with E-state index in [9.17, 15) is 4.79 Å². The fourth-order valence-corrected chi connectivity index (χ4v) is 7.26. The molecule has 1 aromatic heterocycles. The van der Waals surface area contributed by atoms with Crippen molar-refractivity contribution in [2.45, 2.75) is 69.8 Å². The van der Waals surface area contributed by atoms with Crippen LogP contribution in [-0.4, -0.2) is 42.1 Å². The third-order valence-electron chi connectivity index (χ3n) is 8.55. The first-order valence-corrected chi connectivity index (χ1v) is 14.6. The Hall–Kier alpha value is -2.48. The summed E-state index contributed by atoms with van der Waals surface area (Å²) in [5.41, 5.74) is 6.53. The molecular formula is C30H38N4O2S. The second kappa shape index (κ2) is 10.4. The second-order valence-electron chi connectivity index (χ2n) is 11.0. The topological polar surface area (TPSA) is 58.5 Å². The monoisotopic (exact) mass is 518 g/mol. The van der Waals surface area contributed by atoms with Crippen LogP contribution in [0.4, 0.5) is 5.69 Å². The van der Waals surface area contributed by atoms with Crippen molar-refractivity contribution in [3.8, 4) is 17.0 Å². The Morgan fingerprint density at radius 2 is 1.92 bits per heavy atom. The lowest BCUT2D eigenvalue weighted by atomic mass is 9.81. The summed E-state index contributed by atoms with van der Waals surface area (Å²) in [7, 11) is 2.11. The van der Waals surface area contributed by atoms with Gasteiger partial charge in [0.2, 0.25) is 0 Å². The van der Waals surface area contributed by atoms with Crippen LogP contribution in [0.15, 0.2) is 42.5 Å². The number of carbonyl (C=O) groups excluding carboxylic acids is 1. The number of ketones is 1. The molecule has 6 rings (SSSR count). The number of nitrogens with zero attached hydrogens (tertiary/aromatic N) is 2. The number of hydrogen-bond donors (Lipinski definition) is 2. The van der Waals surface area contributed by atoms with Gasteiger partial charge in [0, 0.05) is 42.2 Å². The Morgan fingerprint density at radius 1 is 1.11 bits per heavy atom. The van der Waals surface area contributed by atoms with Crippen molar-refractivity contribution >= 4 is 34.3 Å². The zero-order valence-corrected chi connectivity index (χ0v) is 22.9. The molecule has 3 aliphatic rings. The van der Waals surface area contributed by atoms with Gasteiger partial charge in [-0.05, 0) is 62.4 Å². The van der Waals surface area contributed by atoms with E-state index in [0.717, 1.165) is 12.3 Å². The Labute approximate surface area is 224 Å². The van der Waals surface area contributed by atoms with Crippen LogP contribution < -0.4 is 19.7 Å². The molecule has 2 aromatic carbocycles. The zero-order chi connectivity index (χ0) is 25.5. The average Bonchev–Trinajstić information content (AvgIpc) is 3.21. The third-order valence-corrected chi connectivity index (χ3v) is 9.55. The molecule has 6 nitrogen and oxygen atoms in total. The van der Waals surface area contributed by atoms with Gasteiger partial charge in [0.05, 0.1) is 24.5 Å². The summed E-state index contributed by atoms with van der Waals surface area (Å²) < 4.78 is 12.6. The molecule has 2 aliphatic heterocycles. The smallest absolute Gasteiger partial charge is 0.158 e. The van der Waals surface area contributed by atoms with E-state index in [4.69, 9.17) is 4.74 Å². The van der Waals surface area contributed by atoms with Crippen LogP contribution in [0.5, 0.6) is 5.75 Å². The highest BCUT2D eigenvalue weighted by molar-refractivity contribution is 7.98. The van der Waals surface area contributed by atoms with Gasteiger partial charge in [-0.2, -0.15) is 0 Å². The van der Waals surface area contributed by atoms with Crippen LogP contribution in [0.1, 0.15) is 57.4 Å². The molecule has 0 saturated heterocycles. The summed E-state index contributed by atoms with van der Waals surface area (Å²) in [4.78, 5) is 14.7. The van der Waals surface area contributed by atoms with Gasteiger partial charge >= 0.3 is 0 Å². The minimum atomic E-state index is -0.313. The summed E-state index contributed by atoms with van der Waals surface area (Å²) in [5, 5.41) is 4.69. The molecular weight excluding hydrogens is 480 g/mol. The Bertz CT molecular complexity index is 1300. The minimum Gasteiger partial charge on any atom is -0.492 e. The zero-order valence-electron chi connectivity index (χ0n) is 22.1. The molecule has 37 heavy (non-hydrogen) atoms. The van der Waals surface area contributed by atoms with Crippen molar-refractivity contribution in [1.29, 1.82) is 0 Å². The van der Waals surface area contributed by atoms with Crippen LogP contribution in [0.2, 0.25) is 0 Å². The number of fused-ring (bicyclic) bond motifs is 4. The van der Waals surface area contributed by atoms with Gasteiger partial charge in [-0.1, -0.05) is 49.4 Å². The van der Waals surface area contributed by atoms with Gasteiger partial charge in [-0.15, -0.1) is 0 Å². The van der Waals surface area contributed by atoms with E-state index < -0.39 is 0 Å². The van der Waals surface area contributed by atoms with Crippen LogP contribution >= 0.6 is 11.9 Å². The van der Waals surface area contributed by atoms with Crippen molar-refractivity contribution in [3.63, 3.8) is 0 Å². The summed E-state index contributed by atoms with van der Waals surface area (Å²) in [6, 6.07) is 15.7. The lowest BCUT2D eigenvalue weighted by molar-refractivity contribution is -0.117. The molecule has 3 heterocycles. The molecule has 3 atom stereocenters. The molecule has 196 valence electrons. The highest BCUT2D eigenvalue weighted by Gasteiger charge is 2.33. The van der Waals surface area contributed by atoms with E-state index in [1.165, 1.54) is 77.5 Å². The Kier molecular flexibility index (Phi) is 6.95. The molecule has 1 fully saturated rings. The van der Waals surface area contributed by atoms with Gasteiger partial charge in [0.1, 0.15) is 11.1 Å².